The highest BCUT2D eigenvalue weighted by atomic mass is 35.5. The summed E-state index contributed by atoms with van der Waals surface area (Å²) in [6.07, 6.45) is 8.25. The topological polar surface area (TPSA) is 26.0 Å². The molecule has 0 radical (unpaired) electrons. The van der Waals surface area contributed by atoms with E-state index in [-0.39, 0.29) is 12.4 Å². The van der Waals surface area contributed by atoms with Crippen LogP contribution in [0.15, 0.2) is 0 Å². The Bertz CT molecular complexity index is 116. The number of nitrogens with two attached hydrogens (primary N) is 1. The molecule has 60 valence electrons. The van der Waals surface area contributed by atoms with E-state index in [1.807, 2.05) is 0 Å². The predicted molar refractivity (Wildman–Crippen MR) is 45.4 cm³/mol. The molecule has 0 aromatic carbocycles. The maximum Gasteiger partial charge on any atom is 0.0182 e. The van der Waals surface area contributed by atoms with Crippen LogP contribution in [-0.4, -0.2) is 5.54 Å². The van der Waals surface area contributed by atoms with Crippen molar-refractivity contribution in [2.75, 3.05) is 0 Å². The molecule has 0 heterocycles. The molecule has 2 rings (SSSR count). The molecule has 0 aliphatic heterocycles. The number of hydrogen-bond donors (Lipinski definition) is 1. The lowest BCUT2D eigenvalue weighted by atomic mass is 9.61. The Hall–Kier alpha value is 0.250. The quantitative estimate of drug-likeness (QED) is 0.626. The Balaban J connectivity index is 0.000000500. The zero-order valence-corrected chi connectivity index (χ0v) is 7.12. The molecule has 0 saturated heterocycles. The molecule has 0 aromatic heterocycles. The summed E-state index contributed by atoms with van der Waals surface area (Å²) in [5.41, 5.74) is 6.43. The van der Waals surface area contributed by atoms with Crippen LogP contribution in [-0.2, 0) is 0 Å². The van der Waals surface area contributed by atoms with Crippen LogP contribution >= 0.6 is 12.4 Å². The summed E-state index contributed by atoms with van der Waals surface area (Å²) >= 11 is 0. The molecule has 2 fully saturated rings. The van der Waals surface area contributed by atoms with Gasteiger partial charge in [-0.1, -0.05) is 6.42 Å². The van der Waals surface area contributed by atoms with Gasteiger partial charge in [0.25, 0.3) is 0 Å². The van der Waals surface area contributed by atoms with Crippen molar-refractivity contribution in [3.63, 3.8) is 0 Å². The first-order chi connectivity index (χ1) is 4.31. The third-order valence-electron chi connectivity index (χ3n) is 3.20. The molecular formula is C8H16ClN. The van der Waals surface area contributed by atoms with Crippen LogP contribution in [0.3, 0.4) is 0 Å². The third-order valence-corrected chi connectivity index (χ3v) is 3.20. The fourth-order valence-electron chi connectivity index (χ4n) is 1.98. The number of hydrogen-bond acceptors (Lipinski definition) is 1. The molecule has 0 amide bonds. The van der Waals surface area contributed by atoms with E-state index in [9.17, 15) is 0 Å². The zero-order valence-electron chi connectivity index (χ0n) is 6.31. The lowest BCUT2D eigenvalue weighted by Crippen LogP contribution is -2.54. The van der Waals surface area contributed by atoms with E-state index in [1.165, 1.54) is 38.5 Å². The summed E-state index contributed by atoms with van der Waals surface area (Å²) in [5.74, 6) is 0.909. The second kappa shape index (κ2) is 2.71. The van der Waals surface area contributed by atoms with E-state index >= 15 is 0 Å². The smallest absolute Gasteiger partial charge is 0.0182 e. The molecule has 0 atom stereocenters. The molecule has 2 aliphatic carbocycles. The van der Waals surface area contributed by atoms with E-state index < -0.39 is 0 Å². The average Bonchev–Trinajstić information content (AvgIpc) is 1.56. The van der Waals surface area contributed by atoms with Crippen LogP contribution < -0.4 is 5.73 Å². The molecule has 0 unspecified atom stereocenters. The van der Waals surface area contributed by atoms with Gasteiger partial charge in [0.2, 0.25) is 0 Å². The molecule has 1 nitrogen and oxygen atoms in total. The van der Waals surface area contributed by atoms with Crippen LogP contribution in [0.4, 0.5) is 0 Å². The Kier molecular flexibility index (Phi) is 2.26. The van der Waals surface area contributed by atoms with Gasteiger partial charge >= 0.3 is 0 Å². The first-order valence-electron chi connectivity index (χ1n) is 4.10. The molecule has 2 N–H and O–H groups in total. The summed E-state index contributed by atoms with van der Waals surface area (Å²) in [4.78, 5) is 0. The normalized spacial score (nSPS) is 29.7. The molecular weight excluding hydrogens is 146 g/mol. The van der Waals surface area contributed by atoms with E-state index in [4.69, 9.17) is 5.73 Å². The zero-order chi connectivity index (χ0) is 6.32. The Morgan fingerprint density at radius 1 is 1.10 bits per heavy atom. The highest BCUT2D eigenvalue weighted by Gasteiger charge is 2.42. The van der Waals surface area contributed by atoms with Gasteiger partial charge in [-0.15, -0.1) is 12.4 Å². The van der Waals surface area contributed by atoms with E-state index in [0.29, 0.717) is 5.54 Å². The van der Waals surface area contributed by atoms with Crippen molar-refractivity contribution in [2.45, 2.75) is 44.1 Å². The Morgan fingerprint density at radius 2 is 1.70 bits per heavy atom. The lowest BCUT2D eigenvalue weighted by Gasteiger charge is -2.49. The van der Waals surface area contributed by atoms with Crippen molar-refractivity contribution in [1.82, 2.24) is 0 Å². The highest BCUT2D eigenvalue weighted by molar-refractivity contribution is 5.85. The average molecular weight is 162 g/mol. The first-order valence-corrected chi connectivity index (χ1v) is 4.10. The fraction of sp³-hybridized carbons (Fsp3) is 1.00. The Labute approximate surface area is 68.8 Å². The van der Waals surface area contributed by atoms with Crippen LogP contribution in [0.2, 0.25) is 0 Å². The van der Waals surface area contributed by atoms with Crippen molar-refractivity contribution in [3.05, 3.63) is 0 Å². The minimum absolute atomic E-state index is 0. The summed E-state index contributed by atoms with van der Waals surface area (Å²) in [6.45, 7) is 0. The van der Waals surface area contributed by atoms with Crippen molar-refractivity contribution in [3.8, 4) is 0 Å². The second-order valence-electron chi connectivity index (χ2n) is 3.71. The molecule has 2 aliphatic rings. The van der Waals surface area contributed by atoms with Gasteiger partial charge in [-0.25, -0.2) is 0 Å². The fourth-order valence-corrected chi connectivity index (χ4v) is 1.98. The standard InChI is InChI=1S/C8H15N.ClH/c9-8(5-2-6-8)7-3-1-4-7;/h7H,1-6,9H2;1H. The van der Waals surface area contributed by atoms with Crippen LogP contribution in [0.1, 0.15) is 38.5 Å². The van der Waals surface area contributed by atoms with Gasteiger partial charge in [-0.05, 0) is 38.0 Å². The second-order valence-corrected chi connectivity index (χ2v) is 3.71. The van der Waals surface area contributed by atoms with Gasteiger partial charge in [-0.3, -0.25) is 0 Å². The van der Waals surface area contributed by atoms with Crippen LogP contribution in [0.5, 0.6) is 0 Å². The number of halogens is 1. The van der Waals surface area contributed by atoms with E-state index in [1.54, 1.807) is 0 Å². The molecule has 2 saturated carbocycles. The van der Waals surface area contributed by atoms with Gasteiger partial charge < -0.3 is 5.73 Å². The SMILES string of the molecule is Cl.NC1(C2CCC2)CCC1. The minimum atomic E-state index is 0. The van der Waals surface area contributed by atoms with Crippen molar-refractivity contribution < 1.29 is 0 Å². The first kappa shape index (κ1) is 8.35. The molecule has 0 aromatic rings. The summed E-state index contributed by atoms with van der Waals surface area (Å²) in [7, 11) is 0. The summed E-state index contributed by atoms with van der Waals surface area (Å²) in [5, 5.41) is 0. The van der Waals surface area contributed by atoms with E-state index in [2.05, 4.69) is 0 Å². The molecule has 10 heavy (non-hydrogen) atoms. The van der Waals surface area contributed by atoms with Gasteiger partial charge in [0.05, 0.1) is 0 Å². The maximum atomic E-state index is 6.11. The van der Waals surface area contributed by atoms with Crippen LogP contribution in [0, 0.1) is 5.92 Å². The lowest BCUT2D eigenvalue weighted by molar-refractivity contribution is 0.0897. The number of rotatable bonds is 1. The predicted octanol–water partition coefficient (Wildman–Crippen LogP) is 2.09. The highest BCUT2D eigenvalue weighted by Crippen LogP contribution is 2.45. The van der Waals surface area contributed by atoms with Crippen molar-refractivity contribution in [2.24, 2.45) is 11.7 Å². The molecule has 2 heteroatoms. The summed E-state index contributed by atoms with van der Waals surface area (Å²) in [6, 6.07) is 0. The van der Waals surface area contributed by atoms with Gasteiger partial charge in [0.1, 0.15) is 0 Å². The minimum Gasteiger partial charge on any atom is -0.325 e. The summed E-state index contributed by atoms with van der Waals surface area (Å²) < 4.78 is 0. The Morgan fingerprint density at radius 3 is 1.80 bits per heavy atom. The monoisotopic (exact) mass is 161 g/mol. The van der Waals surface area contributed by atoms with Gasteiger partial charge in [0.15, 0.2) is 0 Å². The van der Waals surface area contributed by atoms with Gasteiger partial charge in [0, 0.05) is 5.54 Å². The van der Waals surface area contributed by atoms with Crippen molar-refractivity contribution >= 4 is 12.4 Å². The molecule has 0 spiro atoms. The molecule has 0 bridgehead atoms. The van der Waals surface area contributed by atoms with E-state index in [0.717, 1.165) is 5.92 Å². The van der Waals surface area contributed by atoms with Crippen molar-refractivity contribution in [1.29, 1.82) is 0 Å². The third kappa shape index (κ3) is 1.06. The van der Waals surface area contributed by atoms with Gasteiger partial charge in [-0.2, -0.15) is 0 Å². The maximum absolute atomic E-state index is 6.11. The van der Waals surface area contributed by atoms with Crippen LogP contribution in [0.25, 0.3) is 0 Å². The largest absolute Gasteiger partial charge is 0.325 e.